The number of ether oxygens (including phenoxy) is 1. The third-order valence-electron chi connectivity index (χ3n) is 8.14. The van der Waals surface area contributed by atoms with Crippen LogP contribution >= 0.6 is 0 Å². The average molecular weight is 572 g/mol. The molecule has 0 spiro atoms. The molecule has 0 saturated carbocycles. The number of hydrogen-bond acceptors (Lipinski definition) is 9. The number of nitrogens with one attached hydrogen (secondary N) is 1. The maximum Gasteiger partial charge on any atom is 0.278 e. The molecular weight excluding hydrogens is 534 g/mol. The highest BCUT2D eigenvalue weighted by molar-refractivity contribution is 5.77. The Morgan fingerprint density at radius 2 is 1.90 bits per heavy atom. The number of aromatic nitrogens is 6. The molecule has 0 unspecified atom stereocenters. The predicted octanol–water partition coefficient (Wildman–Crippen LogP) is 3.33. The molecule has 0 amide bonds. The van der Waals surface area contributed by atoms with Crippen molar-refractivity contribution in [2.75, 3.05) is 43.5 Å². The molecule has 6 rings (SSSR count). The van der Waals surface area contributed by atoms with Crippen LogP contribution < -0.4 is 26.1 Å². The number of anilines is 3. The van der Waals surface area contributed by atoms with Gasteiger partial charge in [-0.15, -0.1) is 11.7 Å². The van der Waals surface area contributed by atoms with Crippen molar-refractivity contribution in [3.05, 3.63) is 69.9 Å². The van der Waals surface area contributed by atoms with E-state index in [1.54, 1.807) is 23.9 Å². The first kappa shape index (κ1) is 27.7. The molecule has 0 aliphatic carbocycles. The molecule has 0 bridgehead atoms. The van der Waals surface area contributed by atoms with Gasteiger partial charge in [-0.2, -0.15) is 4.98 Å². The Morgan fingerprint density at radius 1 is 1.12 bits per heavy atom. The average Bonchev–Trinajstić information content (AvgIpc) is 3.23. The Balaban J connectivity index is 1.31. The molecule has 3 aromatic heterocycles. The van der Waals surface area contributed by atoms with Gasteiger partial charge in [0.15, 0.2) is 11.5 Å². The van der Waals surface area contributed by atoms with Gasteiger partial charge in [0.2, 0.25) is 5.95 Å². The maximum absolute atomic E-state index is 13.3. The van der Waals surface area contributed by atoms with E-state index >= 15 is 0 Å². The minimum Gasteiger partial charge on any atom is -0.495 e. The van der Waals surface area contributed by atoms with Crippen LogP contribution in [0.25, 0.3) is 16.9 Å². The van der Waals surface area contributed by atoms with Gasteiger partial charge in [-0.3, -0.25) is 9.59 Å². The number of piperidine rings is 1. The number of rotatable bonds is 9. The van der Waals surface area contributed by atoms with Gasteiger partial charge in [0, 0.05) is 43.1 Å². The summed E-state index contributed by atoms with van der Waals surface area (Å²) >= 11 is 0. The fraction of sp³-hybridized carbons (Fsp3) is 0.433. The summed E-state index contributed by atoms with van der Waals surface area (Å²) in [5.74, 6) is 1.48. The molecule has 5 heterocycles. The first-order chi connectivity index (χ1) is 20.4. The van der Waals surface area contributed by atoms with E-state index in [9.17, 15) is 9.59 Å². The van der Waals surface area contributed by atoms with Gasteiger partial charge < -0.3 is 19.9 Å². The van der Waals surface area contributed by atoms with Crippen LogP contribution in [0, 0.1) is 0 Å². The maximum atomic E-state index is 13.3. The predicted molar refractivity (Wildman–Crippen MR) is 163 cm³/mol. The first-order valence-corrected chi connectivity index (χ1v) is 14.5. The summed E-state index contributed by atoms with van der Waals surface area (Å²) in [6.45, 7) is 12.3. The Labute approximate surface area is 243 Å². The van der Waals surface area contributed by atoms with E-state index in [2.05, 4.69) is 37.8 Å². The van der Waals surface area contributed by atoms with Crippen LogP contribution in [-0.4, -0.2) is 73.3 Å². The van der Waals surface area contributed by atoms with Crippen molar-refractivity contribution in [2.24, 2.45) is 0 Å². The van der Waals surface area contributed by atoms with Crippen molar-refractivity contribution in [1.29, 1.82) is 0 Å². The SMILES string of the molecule is C=CCn1c(=O)c2cnc(Nc3ccc(N4CCC(N5CCC5)CC4)c(OC)c3)nc2n1-c1ccc(=O)n(C(C)C)n1. The van der Waals surface area contributed by atoms with Gasteiger partial charge in [-0.05, 0) is 64.4 Å². The van der Waals surface area contributed by atoms with E-state index in [1.165, 1.54) is 41.1 Å². The Hall–Kier alpha value is -4.45. The molecule has 4 aromatic rings. The first-order valence-electron chi connectivity index (χ1n) is 14.5. The standard InChI is InChI=1S/C30H37N9O3/c1-5-13-37-29(41)23-19-31-30(33-28(23)39(37)26-9-10-27(40)38(34-26)20(2)3)32-21-7-8-24(25(18-21)42-4)36-16-11-22(12-17-36)35-14-6-15-35/h5,7-10,18-20,22H,1,6,11-17H2,2-4H3,(H,31,32,33). The van der Waals surface area contributed by atoms with Crippen LogP contribution in [0.5, 0.6) is 5.75 Å². The topological polar surface area (TPSA) is 115 Å². The summed E-state index contributed by atoms with van der Waals surface area (Å²) < 4.78 is 10.3. The van der Waals surface area contributed by atoms with E-state index in [1.807, 2.05) is 26.0 Å². The van der Waals surface area contributed by atoms with Crippen molar-refractivity contribution in [3.8, 4) is 11.6 Å². The summed E-state index contributed by atoms with van der Waals surface area (Å²) in [6, 6.07) is 9.57. The third-order valence-corrected chi connectivity index (χ3v) is 8.14. The summed E-state index contributed by atoms with van der Waals surface area (Å²) in [4.78, 5) is 39.8. The van der Waals surface area contributed by atoms with Crippen LogP contribution in [0.2, 0.25) is 0 Å². The Bertz CT molecular complexity index is 1730. The number of fused-ring (bicyclic) bond motifs is 1. The number of nitrogens with zero attached hydrogens (tertiary/aromatic N) is 8. The van der Waals surface area contributed by atoms with Crippen LogP contribution in [0.4, 0.5) is 17.3 Å². The Kier molecular flexibility index (Phi) is 7.55. The fourth-order valence-corrected chi connectivity index (χ4v) is 5.83. The summed E-state index contributed by atoms with van der Waals surface area (Å²) in [6.07, 6.45) is 6.78. The number of methoxy groups -OCH3 is 1. The van der Waals surface area contributed by atoms with Crippen molar-refractivity contribution >= 4 is 28.4 Å². The van der Waals surface area contributed by atoms with Crippen LogP contribution in [-0.2, 0) is 6.54 Å². The highest BCUT2D eigenvalue weighted by Gasteiger charge is 2.29. The van der Waals surface area contributed by atoms with Crippen molar-refractivity contribution in [3.63, 3.8) is 0 Å². The minimum absolute atomic E-state index is 0.157. The number of allylic oxidation sites excluding steroid dienone is 1. The molecule has 0 radical (unpaired) electrons. The zero-order valence-corrected chi connectivity index (χ0v) is 24.4. The van der Waals surface area contributed by atoms with E-state index in [0.29, 0.717) is 28.8 Å². The van der Waals surface area contributed by atoms with Crippen LogP contribution in [0.3, 0.4) is 0 Å². The molecule has 2 fully saturated rings. The van der Waals surface area contributed by atoms with E-state index in [0.717, 1.165) is 43.1 Å². The summed E-state index contributed by atoms with van der Waals surface area (Å²) in [5.41, 5.74) is 1.70. The summed E-state index contributed by atoms with van der Waals surface area (Å²) in [7, 11) is 1.68. The molecular formula is C30H37N9O3. The smallest absolute Gasteiger partial charge is 0.278 e. The van der Waals surface area contributed by atoms with Crippen molar-refractivity contribution in [2.45, 2.75) is 51.7 Å². The molecule has 1 aromatic carbocycles. The molecule has 1 N–H and O–H groups in total. The fourth-order valence-electron chi connectivity index (χ4n) is 5.83. The third kappa shape index (κ3) is 5.06. The molecule has 2 aliphatic heterocycles. The molecule has 220 valence electrons. The summed E-state index contributed by atoms with van der Waals surface area (Å²) in [5, 5.41) is 8.13. The number of likely N-dealkylation sites (tertiary alicyclic amines) is 1. The van der Waals surface area contributed by atoms with Gasteiger partial charge in [0.25, 0.3) is 11.1 Å². The van der Waals surface area contributed by atoms with E-state index < -0.39 is 0 Å². The highest BCUT2D eigenvalue weighted by atomic mass is 16.5. The van der Waals surface area contributed by atoms with Crippen LogP contribution in [0.1, 0.15) is 39.2 Å². The number of hydrogen-bond donors (Lipinski definition) is 1. The Morgan fingerprint density at radius 3 is 2.57 bits per heavy atom. The lowest BCUT2D eigenvalue weighted by Crippen LogP contribution is -2.50. The van der Waals surface area contributed by atoms with Crippen LogP contribution in [0.15, 0.2) is 58.8 Å². The quantitative estimate of drug-likeness (QED) is 0.302. The highest BCUT2D eigenvalue weighted by Crippen LogP contribution is 2.35. The van der Waals surface area contributed by atoms with Gasteiger partial charge in [0.05, 0.1) is 25.4 Å². The van der Waals surface area contributed by atoms with E-state index in [4.69, 9.17) is 9.72 Å². The molecule has 2 saturated heterocycles. The lowest BCUT2D eigenvalue weighted by Gasteiger charge is -2.43. The minimum atomic E-state index is -0.274. The second kappa shape index (κ2) is 11.4. The van der Waals surface area contributed by atoms with Crippen molar-refractivity contribution < 1.29 is 4.74 Å². The van der Waals surface area contributed by atoms with Gasteiger partial charge in [-0.25, -0.2) is 19.0 Å². The zero-order chi connectivity index (χ0) is 29.4. The number of benzene rings is 1. The van der Waals surface area contributed by atoms with Gasteiger partial charge in [0.1, 0.15) is 11.1 Å². The monoisotopic (exact) mass is 571 g/mol. The van der Waals surface area contributed by atoms with E-state index in [-0.39, 0.29) is 23.7 Å². The van der Waals surface area contributed by atoms with Crippen molar-refractivity contribution in [1.82, 2.24) is 34.0 Å². The molecule has 12 nitrogen and oxygen atoms in total. The second-order valence-electron chi connectivity index (χ2n) is 11.1. The molecule has 12 heteroatoms. The molecule has 2 aliphatic rings. The lowest BCUT2D eigenvalue weighted by atomic mass is 9.99. The zero-order valence-electron chi connectivity index (χ0n) is 24.4. The second-order valence-corrected chi connectivity index (χ2v) is 11.1. The largest absolute Gasteiger partial charge is 0.495 e. The van der Waals surface area contributed by atoms with Gasteiger partial charge in [-0.1, -0.05) is 6.08 Å². The lowest BCUT2D eigenvalue weighted by molar-refractivity contribution is 0.100. The normalized spacial score (nSPS) is 16.1. The molecule has 0 atom stereocenters. The van der Waals surface area contributed by atoms with Gasteiger partial charge >= 0.3 is 0 Å². The molecule has 42 heavy (non-hydrogen) atoms.